The molecule has 0 bridgehead atoms. The molecule has 0 aromatic heterocycles. The third-order valence-electron chi connectivity index (χ3n) is 4.74. The maximum absolute atomic E-state index is 11.2. The van der Waals surface area contributed by atoms with Crippen LogP contribution in [0.5, 0.6) is 11.5 Å². The second kappa shape index (κ2) is 5.99. The highest BCUT2D eigenvalue weighted by atomic mass is 35.5. The molecule has 3 rings (SSSR count). The van der Waals surface area contributed by atoms with E-state index in [-0.39, 0.29) is 17.9 Å². The van der Waals surface area contributed by atoms with Crippen LogP contribution in [-0.2, 0) is 10.2 Å². The first-order valence-electron chi connectivity index (χ1n) is 7.80. The highest BCUT2D eigenvalue weighted by Crippen LogP contribution is 2.56. The molecule has 2 aliphatic carbocycles. The Bertz CT molecular complexity index is 574. The van der Waals surface area contributed by atoms with Crippen molar-refractivity contribution in [3.8, 4) is 11.5 Å². The largest absolute Gasteiger partial charge is 0.493 e. The first-order valence-corrected chi connectivity index (χ1v) is 8.18. The van der Waals surface area contributed by atoms with Gasteiger partial charge in [0.1, 0.15) is 0 Å². The number of rotatable bonds is 6. The van der Waals surface area contributed by atoms with E-state index < -0.39 is 5.97 Å². The lowest BCUT2D eigenvalue weighted by atomic mass is 9.91. The lowest BCUT2D eigenvalue weighted by Crippen LogP contribution is -2.18. The van der Waals surface area contributed by atoms with E-state index in [0.717, 1.165) is 31.2 Å². The minimum atomic E-state index is -0.789. The summed E-state index contributed by atoms with van der Waals surface area (Å²) in [5.74, 6) is 0.506. The molecule has 0 unspecified atom stereocenters. The van der Waals surface area contributed by atoms with E-state index in [1.165, 1.54) is 12.8 Å². The maximum Gasteiger partial charge on any atom is 0.304 e. The molecule has 5 heteroatoms. The highest BCUT2D eigenvalue weighted by Gasteiger charge is 2.48. The van der Waals surface area contributed by atoms with Gasteiger partial charge in [0.15, 0.2) is 11.5 Å². The average Bonchev–Trinajstić information content (AvgIpc) is 3.05. The number of benzene rings is 1. The van der Waals surface area contributed by atoms with Gasteiger partial charge >= 0.3 is 5.97 Å². The van der Waals surface area contributed by atoms with Gasteiger partial charge in [-0.05, 0) is 44.6 Å². The fourth-order valence-corrected chi connectivity index (χ4v) is 3.60. The molecule has 0 aliphatic heterocycles. The Kier molecular flexibility index (Phi) is 4.22. The van der Waals surface area contributed by atoms with Crippen LogP contribution in [0, 0.1) is 0 Å². The van der Waals surface area contributed by atoms with E-state index in [9.17, 15) is 9.90 Å². The molecular formula is C17H21ClO4. The Morgan fingerprint density at radius 2 is 2.05 bits per heavy atom. The van der Waals surface area contributed by atoms with Crippen LogP contribution in [0.1, 0.15) is 50.5 Å². The molecule has 2 saturated carbocycles. The Balaban J connectivity index is 1.99. The van der Waals surface area contributed by atoms with Crippen molar-refractivity contribution in [2.24, 2.45) is 0 Å². The van der Waals surface area contributed by atoms with Gasteiger partial charge in [0.05, 0.1) is 19.6 Å². The third-order valence-corrected chi connectivity index (χ3v) is 4.96. The van der Waals surface area contributed by atoms with E-state index in [1.807, 2.05) is 6.07 Å². The molecule has 0 spiro atoms. The number of hydrogen-bond donors (Lipinski definition) is 1. The van der Waals surface area contributed by atoms with Crippen molar-refractivity contribution in [1.29, 1.82) is 0 Å². The topological polar surface area (TPSA) is 55.8 Å². The van der Waals surface area contributed by atoms with E-state index in [0.29, 0.717) is 16.5 Å². The Morgan fingerprint density at radius 3 is 2.59 bits per heavy atom. The molecule has 2 fully saturated rings. The summed E-state index contributed by atoms with van der Waals surface area (Å²) in [6, 6.07) is 3.59. The van der Waals surface area contributed by atoms with E-state index in [1.54, 1.807) is 13.2 Å². The van der Waals surface area contributed by atoms with Gasteiger partial charge in [-0.2, -0.15) is 0 Å². The van der Waals surface area contributed by atoms with Crippen molar-refractivity contribution in [2.75, 3.05) is 7.11 Å². The summed E-state index contributed by atoms with van der Waals surface area (Å²) in [7, 11) is 1.59. The first-order chi connectivity index (χ1) is 10.5. The minimum absolute atomic E-state index is 0.109. The van der Waals surface area contributed by atoms with Crippen LogP contribution in [0.4, 0.5) is 0 Å². The lowest BCUT2D eigenvalue weighted by molar-refractivity contribution is -0.137. The second-order valence-corrected chi connectivity index (χ2v) is 6.80. The van der Waals surface area contributed by atoms with Crippen LogP contribution < -0.4 is 9.47 Å². The Morgan fingerprint density at radius 1 is 1.36 bits per heavy atom. The van der Waals surface area contributed by atoms with Gasteiger partial charge in [-0.3, -0.25) is 4.79 Å². The molecular weight excluding hydrogens is 304 g/mol. The number of aliphatic carboxylic acids is 1. The van der Waals surface area contributed by atoms with Gasteiger partial charge < -0.3 is 14.6 Å². The van der Waals surface area contributed by atoms with Crippen LogP contribution in [0.2, 0.25) is 5.02 Å². The summed E-state index contributed by atoms with van der Waals surface area (Å²) in [5.41, 5.74) is 0.545. The molecule has 0 atom stereocenters. The zero-order valence-corrected chi connectivity index (χ0v) is 13.5. The summed E-state index contributed by atoms with van der Waals surface area (Å²) in [4.78, 5) is 11.2. The molecule has 0 radical (unpaired) electrons. The van der Waals surface area contributed by atoms with Crippen LogP contribution in [0.15, 0.2) is 12.1 Å². The predicted molar refractivity (Wildman–Crippen MR) is 84.1 cm³/mol. The van der Waals surface area contributed by atoms with Gasteiger partial charge in [0.25, 0.3) is 0 Å². The van der Waals surface area contributed by atoms with Crippen LogP contribution in [0.25, 0.3) is 0 Å². The summed E-state index contributed by atoms with van der Waals surface area (Å²) in [5, 5.41) is 9.77. The van der Waals surface area contributed by atoms with E-state index >= 15 is 0 Å². The molecule has 0 saturated heterocycles. The summed E-state index contributed by atoms with van der Waals surface area (Å²) in [6.07, 6.45) is 6.43. The van der Waals surface area contributed by atoms with Crippen LogP contribution >= 0.6 is 11.6 Å². The quantitative estimate of drug-likeness (QED) is 0.853. The molecule has 120 valence electrons. The highest BCUT2D eigenvalue weighted by molar-refractivity contribution is 6.30. The molecule has 2 aliphatic rings. The summed E-state index contributed by atoms with van der Waals surface area (Å²) >= 11 is 6.20. The molecule has 0 amide bonds. The van der Waals surface area contributed by atoms with Gasteiger partial charge in [0.2, 0.25) is 0 Å². The maximum atomic E-state index is 11.2. The number of ether oxygens (including phenoxy) is 2. The molecule has 1 N–H and O–H groups in total. The SMILES string of the molecule is COc1cc(Cl)cc(C2(CC(=O)O)CC2)c1OC1CCCC1. The fraction of sp³-hybridized carbons (Fsp3) is 0.588. The van der Waals surface area contributed by atoms with Crippen LogP contribution in [-0.4, -0.2) is 24.3 Å². The van der Waals surface area contributed by atoms with Gasteiger partial charge in [0, 0.05) is 22.1 Å². The van der Waals surface area contributed by atoms with Crippen molar-refractivity contribution < 1.29 is 19.4 Å². The monoisotopic (exact) mass is 324 g/mol. The fourth-order valence-electron chi connectivity index (χ4n) is 3.39. The number of carbonyl (C=O) groups is 1. The number of carboxylic acid groups (broad SMARTS) is 1. The number of methoxy groups -OCH3 is 1. The van der Waals surface area contributed by atoms with Crippen molar-refractivity contribution in [3.63, 3.8) is 0 Å². The first kappa shape index (κ1) is 15.5. The number of hydrogen-bond acceptors (Lipinski definition) is 3. The third kappa shape index (κ3) is 3.02. The summed E-state index contributed by atoms with van der Waals surface area (Å²) in [6.45, 7) is 0. The Labute approximate surface area is 135 Å². The lowest BCUT2D eigenvalue weighted by Gasteiger charge is -2.23. The molecule has 4 nitrogen and oxygen atoms in total. The molecule has 1 aromatic carbocycles. The van der Waals surface area contributed by atoms with Crippen molar-refractivity contribution in [1.82, 2.24) is 0 Å². The summed E-state index contributed by atoms with van der Waals surface area (Å²) < 4.78 is 11.7. The standard InChI is InChI=1S/C17H21ClO4/c1-21-14-9-11(18)8-13(17(6-7-17)10-15(19)20)16(14)22-12-4-2-3-5-12/h8-9,12H,2-7,10H2,1H3,(H,19,20). The molecule has 1 aromatic rings. The van der Waals surface area contributed by atoms with Crippen molar-refractivity contribution in [3.05, 3.63) is 22.7 Å². The predicted octanol–water partition coefficient (Wildman–Crippen LogP) is 4.18. The van der Waals surface area contributed by atoms with Gasteiger partial charge in [-0.25, -0.2) is 0 Å². The number of carboxylic acids is 1. The zero-order chi connectivity index (χ0) is 15.7. The normalized spacial score (nSPS) is 19.9. The van der Waals surface area contributed by atoms with Gasteiger partial charge in [-0.15, -0.1) is 0 Å². The molecule has 0 heterocycles. The second-order valence-electron chi connectivity index (χ2n) is 6.36. The minimum Gasteiger partial charge on any atom is -0.493 e. The Hall–Kier alpha value is -1.42. The van der Waals surface area contributed by atoms with Crippen LogP contribution in [0.3, 0.4) is 0 Å². The van der Waals surface area contributed by atoms with E-state index in [2.05, 4.69) is 0 Å². The van der Waals surface area contributed by atoms with Crippen molar-refractivity contribution in [2.45, 2.75) is 56.5 Å². The average molecular weight is 325 g/mol. The van der Waals surface area contributed by atoms with Crippen molar-refractivity contribution >= 4 is 17.6 Å². The van der Waals surface area contributed by atoms with Gasteiger partial charge in [-0.1, -0.05) is 11.6 Å². The number of halogens is 1. The molecule has 22 heavy (non-hydrogen) atoms. The smallest absolute Gasteiger partial charge is 0.304 e. The van der Waals surface area contributed by atoms with E-state index in [4.69, 9.17) is 21.1 Å². The zero-order valence-electron chi connectivity index (χ0n) is 12.7.